The van der Waals surface area contributed by atoms with Crippen LogP contribution >= 0.6 is 9.24 Å². The van der Waals surface area contributed by atoms with Crippen LogP contribution in [0.3, 0.4) is 0 Å². The Morgan fingerprint density at radius 3 is 2.67 bits per heavy atom. The molecule has 1 heterocycles. The van der Waals surface area contributed by atoms with Crippen LogP contribution in [0.4, 0.5) is 0 Å². The van der Waals surface area contributed by atoms with Crippen LogP contribution in [0, 0.1) is 0 Å². The quantitative estimate of drug-likeness (QED) is 0.484. The van der Waals surface area contributed by atoms with Crippen molar-refractivity contribution in [3.63, 3.8) is 0 Å². The second-order valence-corrected chi connectivity index (χ2v) is 3.04. The Morgan fingerprint density at radius 1 is 1.78 bits per heavy atom. The Bertz CT molecular complexity index is 101. The van der Waals surface area contributed by atoms with Gasteiger partial charge in [-0.25, -0.2) is 0 Å². The summed E-state index contributed by atoms with van der Waals surface area (Å²) in [7, 11) is 2.54. The minimum absolute atomic E-state index is 0.0116. The van der Waals surface area contributed by atoms with Crippen LogP contribution in [0.5, 0.6) is 0 Å². The maximum atomic E-state index is 8.64. The summed E-state index contributed by atoms with van der Waals surface area (Å²) in [6, 6.07) is 0.0116. The van der Waals surface area contributed by atoms with Gasteiger partial charge in [0.15, 0.2) is 0 Å². The Hall–Kier alpha value is 0.310. The summed E-state index contributed by atoms with van der Waals surface area (Å²) in [5.41, 5.74) is 5.58. The molecule has 3 nitrogen and oxygen atoms in total. The molecule has 1 aliphatic heterocycles. The first-order chi connectivity index (χ1) is 4.24. The average Bonchev–Trinajstić information content (AvgIpc) is 2.10. The molecule has 1 rings (SSSR count). The lowest BCUT2D eigenvalue weighted by atomic mass is 10.2. The number of aliphatic hydroxyl groups is 1. The molecule has 0 bridgehead atoms. The zero-order chi connectivity index (χ0) is 6.85. The van der Waals surface area contributed by atoms with Gasteiger partial charge in [0.2, 0.25) is 0 Å². The summed E-state index contributed by atoms with van der Waals surface area (Å²) in [5, 5.41) is 8.64. The summed E-state index contributed by atoms with van der Waals surface area (Å²) in [6.45, 7) is 0.0338. The van der Waals surface area contributed by atoms with Gasteiger partial charge in [0.25, 0.3) is 0 Å². The predicted molar refractivity (Wildman–Crippen MR) is 38.0 cm³/mol. The topological polar surface area (TPSA) is 55.5 Å². The molecule has 0 amide bonds. The third-order valence-corrected chi connectivity index (χ3v) is 1.94. The summed E-state index contributed by atoms with van der Waals surface area (Å²) >= 11 is 0. The molecule has 4 heteroatoms. The molecule has 0 aromatic rings. The van der Waals surface area contributed by atoms with Crippen LogP contribution in [-0.2, 0) is 4.74 Å². The lowest BCUT2D eigenvalue weighted by Crippen LogP contribution is -2.32. The van der Waals surface area contributed by atoms with Crippen molar-refractivity contribution < 1.29 is 9.84 Å². The Balaban J connectivity index is 2.38. The fraction of sp³-hybridized carbons (Fsp3) is 1.00. The standard InChI is InChI=1S/C5H12NO2P/c6-3-1-5(9)8-4(3)2-7/h3-5,7H,1-2,6,9H2/t3-,4?,5?/m1/s1. The van der Waals surface area contributed by atoms with Crippen LogP contribution in [0.15, 0.2) is 0 Å². The van der Waals surface area contributed by atoms with Crippen molar-refractivity contribution in [2.24, 2.45) is 5.73 Å². The van der Waals surface area contributed by atoms with E-state index in [9.17, 15) is 0 Å². The highest BCUT2D eigenvalue weighted by atomic mass is 31.0. The molecule has 1 fully saturated rings. The number of ether oxygens (including phenoxy) is 1. The number of rotatable bonds is 1. The first-order valence-electron chi connectivity index (χ1n) is 3.01. The van der Waals surface area contributed by atoms with Gasteiger partial charge in [0.05, 0.1) is 18.6 Å². The van der Waals surface area contributed by atoms with Crippen molar-refractivity contribution in [3.8, 4) is 0 Å². The van der Waals surface area contributed by atoms with Crippen LogP contribution < -0.4 is 5.73 Å². The molecule has 0 saturated carbocycles. The molecule has 1 aliphatic rings. The van der Waals surface area contributed by atoms with Crippen LogP contribution in [-0.4, -0.2) is 29.7 Å². The van der Waals surface area contributed by atoms with Gasteiger partial charge in [-0.1, -0.05) is 0 Å². The van der Waals surface area contributed by atoms with Crippen molar-refractivity contribution in [1.29, 1.82) is 0 Å². The number of aliphatic hydroxyl groups excluding tert-OH is 1. The molecule has 0 aliphatic carbocycles. The summed E-state index contributed by atoms with van der Waals surface area (Å²) in [6.07, 6.45) is 0.683. The molecule has 0 aromatic heterocycles. The second-order valence-electron chi connectivity index (χ2n) is 2.30. The van der Waals surface area contributed by atoms with Gasteiger partial charge in [0, 0.05) is 6.04 Å². The minimum atomic E-state index is -0.146. The Kier molecular flexibility index (Phi) is 2.42. The SMILES string of the molecule is N[C@@H]1CC(P)OC1CO. The largest absolute Gasteiger partial charge is 0.394 e. The fourth-order valence-electron chi connectivity index (χ4n) is 0.979. The van der Waals surface area contributed by atoms with E-state index in [1.54, 1.807) is 0 Å². The third kappa shape index (κ3) is 1.62. The molecule has 1 saturated heterocycles. The van der Waals surface area contributed by atoms with E-state index in [1.165, 1.54) is 0 Å². The molecule has 4 atom stereocenters. The lowest BCUT2D eigenvalue weighted by molar-refractivity contribution is 0.0403. The summed E-state index contributed by atoms with van der Waals surface area (Å²) in [5.74, 6) is 0.136. The zero-order valence-corrected chi connectivity index (χ0v) is 6.31. The predicted octanol–water partition coefficient (Wildman–Crippen LogP) is -0.704. The summed E-state index contributed by atoms with van der Waals surface area (Å²) < 4.78 is 5.21. The van der Waals surface area contributed by atoms with Gasteiger partial charge < -0.3 is 15.6 Å². The summed E-state index contributed by atoms with van der Waals surface area (Å²) in [4.78, 5) is 0. The molecular weight excluding hydrogens is 137 g/mol. The van der Waals surface area contributed by atoms with Gasteiger partial charge in [-0.2, -0.15) is 0 Å². The number of nitrogens with two attached hydrogens (primary N) is 1. The maximum Gasteiger partial charge on any atom is 0.0965 e. The molecular formula is C5H12NO2P. The van der Waals surface area contributed by atoms with Gasteiger partial charge >= 0.3 is 0 Å². The van der Waals surface area contributed by atoms with E-state index in [0.717, 1.165) is 6.42 Å². The molecule has 0 radical (unpaired) electrons. The second kappa shape index (κ2) is 2.93. The molecule has 0 aromatic carbocycles. The molecule has 3 N–H and O–H groups in total. The van der Waals surface area contributed by atoms with Crippen molar-refractivity contribution in [2.45, 2.75) is 24.4 Å². The van der Waals surface area contributed by atoms with Crippen molar-refractivity contribution in [1.82, 2.24) is 0 Å². The van der Waals surface area contributed by atoms with E-state index >= 15 is 0 Å². The fourth-order valence-corrected chi connectivity index (χ4v) is 1.50. The van der Waals surface area contributed by atoms with Crippen molar-refractivity contribution in [3.05, 3.63) is 0 Å². The normalized spacial score (nSPS) is 43.7. The first kappa shape index (κ1) is 7.42. The maximum absolute atomic E-state index is 8.64. The van der Waals surface area contributed by atoms with E-state index in [2.05, 4.69) is 9.24 Å². The highest BCUT2D eigenvalue weighted by Crippen LogP contribution is 2.22. The van der Waals surface area contributed by atoms with Crippen molar-refractivity contribution >= 4 is 9.24 Å². The van der Waals surface area contributed by atoms with Crippen LogP contribution in [0.25, 0.3) is 0 Å². The molecule has 54 valence electrons. The minimum Gasteiger partial charge on any atom is -0.394 e. The lowest BCUT2D eigenvalue weighted by Gasteiger charge is -2.09. The molecule has 0 spiro atoms. The molecule has 9 heavy (non-hydrogen) atoms. The number of hydrogen-bond acceptors (Lipinski definition) is 3. The van der Waals surface area contributed by atoms with Crippen LogP contribution in [0.2, 0.25) is 0 Å². The van der Waals surface area contributed by atoms with Gasteiger partial charge in [-0.15, -0.1) is 9.24 Å². The van der Waals surface area contributed by atoms with E-state index in [0.29, 0.717) is 0 Å². The average molecular weight is 149 g/mol. The molecule has 3 unspecified atom stereocenters. The van der Waals surface area contributed by atoms with Crippen molar-refractivity contribution in [2.75, 3.05) is 6.61 Å². The highest BCUT2D eigenvalue weighted by Gasteiger charge is 2.28. The monoisotopic (exact) mass is 149 g/mol. The van der Waals surface area contributed by atoms with Gasteiger partial charge in [-0.05, 0) is 6.42 Å². The van der Waals surface area contributed by atoms with Gasteiger partial charge in [0.1, 0.15) is 0 Å². The van der Waals surface area contributed by atoms with Gasteiger partial charge in [-0.3, -0.25) is 0 Å². The smallest absolute Gasteiger partial charge is 0.0965 e. The third-order valence-electron chi connectivity index (χ3n) is 1.51. The Morgan fingerprint density at radius 2 is 2.44 bits per heavy atom. The van der Waals surface area contributed by atoms with E-state index in [1.807, 2.05) is 0 Å². The van der Waals surface area contributed by atoms with E-state index in [-0.39, 0.29) is 24.6 Å². The van der Waals surface area contributed by atoms with Crippen LogP contribution in [0.1, 0.15) is 6.42 Å². The van der Waals surface area contributed by atoms with E-state index in [4.69, 9.17) is 15.6 Å². The number of hydrogen-bond donors (Lipinski definition) is 2. The zero-order valence-electron chi connectivity index (χ0n) is 5.16. The highest BCUT2D eigenvalue weighted by molar-refractivity contribution is 7.17. The van der Waals surface area contributed by atoms with E-state index < -0.39 is 0 Å². The Labute approximate surface area is 56.8 Å². The first-order valence-corrected chi connectivity index (χ1v) is 3.68.